The zero-order valence-electron chi connectivity index (χ0n) is 26.0. The van der Waals surface area contributed by atoms with Gasteiger partial charge < -0.3 is 4.57 Å². The summed E-state index contributed by atoms with van der Waals surface area (Å²) in [5.41, 5.74) is 11.0. The molecule has 0 amide bonds. The van der Waals surface area contributed by atoms with Gasteiger partial charge in [0.05, 0.1) is 28.1 Å². The SMILES string of the molecule is CC1(C)c2ccccc2-c2nc(-c3ccccc3-n3c4ccccc4c4cc5sc6ccccc6c5cc43)nc(-c3ccccc3)c21. The van der Waals surface area contributed by atoms with Crippen LogP contribution in [-0.4, -0.2) is 14.5 Å². The molecule has 0 bridgehead atoms. The molecule has 0 radical (unpaired) electrons. The van der Waals surface area contributed by atoms with Crippen molar-refractivity contribution < 1.29 is 0 Å². The molecule has 0 saturated carbocycles. The summed E-state index contributed by atoms with van der Waals surface area (Å²) in [6, 6.07) is 50.2. The molecule has 0 spiro atoms. The summed E-state index contributed by atoms with van der Waals surface area (Å²) in [4.78, 5) is 10.9. The van der Waals surface area contributed by atoms with Gasteiger partial charge in [0.2, 0.25) is 0 Å². The quantitative estimate of drug-likeness (QED) is 0.197. The first-order valence-electron chi connectivity index (χ1n) is 16.1. The third kappa shape index (κ3) is 3.73. The number of fused-ring (bicyclic) bond motifs is 9. The number of para-hydroxylation sites is 2. The van der Waals surface area contributed by atoms with Gasteiger partial charge in [-0.2, -0.15) is 0 Å². The van der Waals surface area contributed by atoms with E-state index in [0.717, 1.165) is 34.0 Å². The van der Waals surface area contributed by atoms with Crippen LogP contribution in [0.3, 0.4) is 0 Å². The Kier molecular flexibility index (Phi) is 5.50. The standard InChI is InChI=1S/C43H29N3S/c1-43(2)33-20-10-6-18-29(33)41-39(43)40(26-14-4-3-5-15-26)44-42(45-41)30-19-8-12-22-35(30)46-34-21-11-7-16-27(34)31-25-38-32(24-36(31)46)28-17-9-13-23-37(28)47-38/h3-25H,1-2H3. The van der Waals surface area contributed by atoms with Crippen molar-refractivity contribution in [1.29, 1.82) is 0 Å². The second-order valence-corrected chi connectivity index (χ2v) is 14.1. The number of rotatable bonds is 3. The summed E-state index contributed by atoms with van der Waals surface area (Å²) in [5.74, 6) is 0.735. The lowest BCUT2D eigenvalue weighted by Gasteiger charge is -2.24. The highest BCUT2D eigenvalue weighted by Crippen LogP contribution is 2.51. The molecule has 1 aliphatic carbocycles. The van der Waals surface area contributed by atoms with Gasteiger partial charge in [0.15, 0.2) is 5.82 Å². The molecule has 222 valence electrons. The highest BCUT2D eigenvalue weighted by Gasteiger charge is 2.40. The predicted molar refractivity (Wildman–Crippen MR) is 198 cm³/mol. The molecule has 0 N–H and O–H groups in total. The van der Waals surface area contributed by atoms with Crippen molar-refractivity contribution in [2.75, 3.05) is 0 Å². The molecule has 10 rings (SSSR count). The molecular formula is C43H29N3S. The van der Waals surface area contributed by atoms with Crippen LogP contribution in [-0.2, 0) is 5.41 Å². The summed E-state index contributed by atoms with van der Waals surface area (Å²) in [6.45, 7) is 4.60. The van der Waals surface area contributed by atoms with Crippen molar-refractivity contribution in [1.82, 2.24) is 14.5 Å². The number of hydrogen-bond donors (Lipinski definition) is 0. The Morgan fingerprint density at radius 1 is 0.532 bits per heavy atom. The average molecular weight is 620 g/mol. The van der Waals surface area contributed by atoms with Crippen LogP contribution in [0.5, 0.6) is 0 Å². The van der Waals surface area contributed by atoms with Crippen LogP contribution in [0.1, 0.15) is 25.0 Å². The van der Waals surface area contributed by atoms with Crippen LogP contribution < -0.4 is 0 Å². The van der Waals surface area contributed by atoms with Crippen LogP contribution in [0.25, 0.3) is 81.6 Å². The predicted octanol–water partition coefficient (Wildman–Crippen LogP) is 11.6. The van der Waals surface area contributed by atoms with Crippen LogP contribution in [0, 0.1) is 0 Å². The first-order chi connectivity index (χ1) is 23.1. The molecule has 3 heterocycles. The minimum Gasteiger partial charge on any atom is -0.308 e. The molecule has 4 heteroatoms. The van der Waals surface area contributed by atoms with Crippen LogP contribution >= 0.6 is 11.3 Å². The van der Waals surface area contributed by atoms with E-state index in [1.165, 1.54) is 58.7 Å². The number of thiophene rings is 1. The van der Waals surface area contributed by atoms with E-state index in [1.807, 2.05) is 11.3 Å². The van der Waals surface area contributed by atoms with E-state index in [9.17, 15) is 0 Å². The maximum absolute atomic E-state index is 5.45. The van der Waals surface area contributed by atoms with E-state index < -0.39 is 0 Å². The topological polar surface area (TPSA) is 30.7 Å². The van der Waals surface area contributed by atoms with Gasteiger partial charge in [-0.15, -0.1) is 11.3 Å². The fraction of sp³-hybridized carbons (Fsp3) is 0.0698. The lowest BCUT2D eigenvalue weighted by molar-refractivity contribution is 0.658. The summed E-state index contributed by atoms with van der Waals surface area (Å²) in [6.07, 6.45) is 0. The zero-order chi connectivity index (χ0) is 31.3. The van der Waals surface area contributed by atoms with Crippen LogP contribution in [0.15, 0.2) is 140 Å². The van der Waals surface area contributed by atoms with Gasteiger partial charge in [0.1, 0.15) is 0 Å². The smallest absolute Gasteiger partial charge is 0.162 e. The van der Waals surface area contributed by atoms with Gasteiger partial charge in [0.25, 0.3) is 0 Å². The van der Waals surface area contributed by atoms with E-state index in [0.29, 0.717) is 0 Å². The minimum absolute atomic E-state index is 0.226. The van der Waals surface area contributed by atoms with Crippen molar-refractivity contribution in [2.24, 2.45) is 0 Å². The molecule has 3 aromatic heterocycles. The minimum atomic E-state index is -0.226. The molecule has 0 saturated heterocycles. The van der Waals surface area contributed by atoms with Crippen LogP contribution in [0.2, 0.25) is 0 Å². The molecule has 47 heavy (non-hydrogen) atoms. The lowest BCUT2D eigenvalue weighted by Crippen LogP contribution is -2.17. The van der Waals surface area contributed by atoms with Gasteiger partial charge in [0, 0.05) is 58.6 Å². The average Bonchev–Trinajstić information content (AvgIpc) is 3.72. The van der Waals surface area contributed by atoms with Crippen molar-refractivity contribution in [3.05, 3.63) is 151 Å². The molecular weight excluding hydrogens is 591 g/mol. The van der Waals surface area contributed by atoms with Gasteiger partial charge in [-0.3, -0.25) is 0 Å². The first kappa shape index (κ1) is 26.6. The second-order valence-electron chi connectivity index (χ2n) is 13.0. The molecule has 9 aromatic rings. The maximum atomic E-state index is 5.45. The fourth-order valence-corrected chi connectivity index (χ4v) is 8.97. The first-order valence-corrected chi connectivity index (χ1v) is 16.9. The number of aromatic nitrogens is 3. The maximum Gasteiger partial charge on any atom is 0.162 e. The lowest BCUT2D eigenvalue weighted by atomic mass is 9.81. The molecule has 0 atom stereocenters. The summed E-state index contributed by atoms with van der Waals surface area (Å²) < 4.78 is 5.04. The molecule has 0 fully saturated rings. The Morgan fingerprint density at radius 3 is 2.09 bits per heavy atom. The van der Waals surface area contributed by atoms with E-state index in [4.69, 9.17) is 9.97 Å². The monoisotopic (exact) mass is 619 g/mol. The fourth-order valence-electron chi connectivity index (χ4n) is 7.85. The normalized spacial score (nSPS) is 13.5. The second kappa shape index (κ2) is 9.71. The van der Waals surface area contributed by atoms with E-state index in [2.05, 4.69) is 158 Å². The number of benzene rings is 6. The van der Waals surface area contributed by atoms with Crippen molar-refractivity contribution >= 4 is 53.3 Å². The molecule has 0 unspecified atom stereocenters. The molecule has 0 aliphatic heterocycles. The van der Waals surface area contributed by atoms with Gasteiger partial charge >= 0.3 is 0 Å². The Hall–Kier alpha value is -5.58. The van der Waals surface area contributed by atoms with E-state index in [1.54, 1.807) is 0 Å². The summed E-state index contributed by atoms with van der Waals surface area (Å²) >= 11 is 1.87. The largest absolute Gasteiger partial charge is 0.308 e. The highest BCUT2D eigenvalue weighted by atomic mass is 32.1. The number of hydrogen-bond acceptors (Lipinski definition) is 3. The van der Waals surface area contributed by atoms with Crippen molar-refractivity contribution in [2.45, 2.75) is 19.3 Å². The molecule has 6 aromatic carbocycles. The van der Waals surface area contributed by atoms with Gasteiger partial charge in [-0.1, -0.05) is 117 Å². The summed E-state index contributed by atoms with van der Waals surface area (Å²) in [5, 5.41) is 5.09. The van der Waals surface area contributed by atoms with Gasteiger partial charge in [-0.25, -0.2) is 9.97 Å². The third-order valence-electron chi connectivity index (χ3n) is 9.99. The van der Waals surface area contributed by atoms with Crippen molar-refractivity contribution in [3.8, 4) is 39.6 Å². The molecule has 1 aliphatic rings. The third-order valence-corrected chi connectivity index (χ3v) is 11.1. The summed E-state index contributed by atoms with van der Waals surface area (Å²) in [7, 11) is 0. The Morgan fingerprint density at radius 2 is 1.21 bits per heavy atom. The Labute approximate surface area is 276 Å². The highest BCUT2D eigenvalue weighted by molar-refractivity contribution is 7.25. The Bertz CT molecular complexity index is 2710. The van der Waals surface area contributed by atoms with Crippen molar-refractivity contribution in [3.63, 3.8) is 0 Å². The Balaban J connectivity index is 1.29. The molecule has 3 nitrogen and oxygen atoms in total. The van der Waals surface area contributed by atoms with Crippen LogP contribution in [0.4, 0.5) is 0 Å². The number of nitrogens with zero attached hydrogens (tertiary/aromatic N) is 3. The zero-order valence-corrected chi connectivity index (χ0v) is 26.8. The van der Waals surface area contributed by atoms with E-state index >= 15 is 0 Å². The van der Waals surface area contributed by atoms with E-state index in [-0.39, 0.29) is 5.41 Å². The van der Waals surface area contributed by atoms with Gasteiger partial charge in [-0.05, 0) is 42.0 Å².